The highest BCUT2D eigenvalue weighted by atomic mass is 16.5. The summed E-state index contributed by atoms with van der Waals surface area (Å²) in [5, 5.41) is 0.343. The van der Waals surface area contributed by atoms with Gasteiger partial charge in [-0.25, -0.2) is 4.79 Å². The first-order chi connectivity index (χ1) is 15.6. The van der Waals surface area contributed by atoms with Crippen molar-refractivity contribution >= 4 is 16.9 Å². The van der Waals surface area contributed by atoms with E-state index >= 15 is 0 Å². The molecular weight excluding hydrogens is 408 g/mol. The number of methoxy groups -OCH3 is 1. The van der Waals surface area contributed by atoms with Gasteiger partial charge in [0.25, 0.3) is 0 Å². The molecule has 6 heteroatoms. The van der Waals surface area contributed by atoms with E-state index in [0.717, 1.165) is 5.56 Å². The topological polar surface area (TPSA) is 75.0 Å². The maximum absolute atomic E-state index is 13.4. The summed E-state index contributed by atoms with van der Waals surface area (Å²) in [6.07, 6.45) is 0. The SMILES string of the molecule is CCOC(=O)c1oc2cc(OCc3ccccc3)ccc2c(=O)c1-c1ccc(OC)cc1. The van der Waals surface area contributed by atoms with E-state index in [1.54, 1.807) is 56.5 Å². The lowest BCUT2D eigenvalue weighted by Gasteiger charge is -2.11. The highest BCUT2D eigenvalue weighted by molar-refractivity contribution is 5.97. The molecule has 0 aliphatic carbocycles. The van der Waals surface area contributed by atoms with Crippen LogP contribution in [0.3, 0.4) is 0 Å². The van der Waals surface area contributed by atoms with Crippen molar-refractivity contribution in [2.75, 3.05) is 13.7 Å². The van der Waals surface area contributed by atoms with Gasteiger partial charge in [-0.05, 0) is 42.3 Å². The molecule has 32 heavy (non-hydrogen) atoms. The van der Waals surface area contributed by atoms with Crippen LogP contribution in [0.2, 0.25) is 0 Å². The molecule has 0 aliphatic rings. The summed E-state index contributed by atoms with van der Waals surface area (Å²) in [5.74, 6) is 0.316. The third-order valence-corrected chi connectivity index (χ3v) is 4.95. The first kappa shape index (κ1) is 21.2. The van der Waals surface area contributed by atoms with E-state index in [9.17, 15) is 9.59 Å². The lowest BCUT2D eigenvalue weighted by Crippen LogP contribution is -2.15. The fourth-order valence-corrected chi connectivity index (χ4v) is 3.36. The standard InChI is InChI=1S/C26H22O6/c1-3-30-26(28)25-23(18-9-11-19(29-2)12-10-18)24(27)21-14-13-20(15-22(21)32-25)31-16-17-7-5-4-6-8-17/h4-15H,3,16H2,1-2H3. The van der Waals surface area contributed by atoms with E-state index in [2.05, 4.69) is 0 Å². The van der Waals surface area contributed by atoms with E-state index in [0.29, 0.717) is 29.1 Å². The van der Waals surface area contributed by atoms with E-state index < -0.39 is 5.97 Å². The number of carbonyl (C=O) groups is 1. The van der Waals surface area contributed by atoms with Crippen LogP contribution in [0.5, 0.6) is 11.5 Å². The molecule has 0 bridgehead atoms. The molecule has 4 rings (SSSR count). The summed E-state index contributed by atoms with van der Waals surface area (Å²) in [7, 11) is 1.56. The molecule has 1 heterocycles. The number of benzene rings is 3. The molecular formula is C26H22O6. The average molecular weight is 430 g/mol. The second kappa shape index (κ2) is 9.39. The Morgan fingerprint density at radius 1 is 0.938 bits per heavy atom. The van der Waals surface area contributed by atoms with E-state index in [1.807, 2.05) is 30.3 Å². The van der Waals surface area contributed by atoms with Gasteiger partial charge in [-0.2, -0.15) is 0 Å². The van der Waals surface area contributed by atoms with Crippen LogP contribution in [0.1, 0.15) is 23.0 Å². The molecule has 0 aliphatic heterocycles. The molecule has 0 unspecified atom stereocenters. The molecule has 162 valence electrons. The van der Waals surface area contributed by atoms with E-state index in [4.69, 9.17) is 18.6 Å². The summed E-state index contributed by atoms with van der Waals surface area (Å²) >= 11 is 0. The lowest BCUT2D eigenvalue weighted by atomic mass is 10.0. The number of hydrogen-bond acceptors (Lipinski definition) is 6. The number of rotatable bonds is 7. The number of hydrogen-bond donors (Lipinski definition) is 0. The largest absolute Gasteiger partial charge is 0.497 e. The van der Waals surface area contributed by atoms with Gasteiger partial charge in [0, 0.05) is 6.07 Å². The number of ether oxygens (including phenoxy) is 3. The van der Waals surface area contributed by atoms with Crippen molar-refractivity contribution in [1.82, 2.24) is 0 Å². The van der Waals surface area contributed by atoms with Crippen LogP contribution in [-0.2, 0) is 11.3 Å². The van der Waals surface area contributed by atoms with Crippen LogP contribution in [-0.4, -0.2) is 19.7 Å². The van der Waals surface area contributed by atoms with Crippen molar-refractivity contribution in [3.8, 4) is 22.6 Å². The minimum Gasteiger partial charge on any atom is -0.497 e. The zero-order chi connectivity index (χ0) is 22.5. The van der Waals surface area contributed by atoms with Gasteiger partial charge in [0.2, 0.25) is 11.2 Å². The predicted octanol–water partition coefficient (Wildman–Crippen LogP) is 5.22. The molecule has 0 spiro atoms. The van der Waals surface area contributed by atoms with Gasteiger partial charge in [-0.3, -0.25) is 4.79 Å². The van der Waals surface area contributed by atoms with Crippen molar-refractivity contribution < 1.29 is 23.4 Å². The first-order valence-electron chi connectivity index (χ1n) is 10.2. The zero-order valence-corrected chi connectivity index (χ0v) is 17.8. The van der Waals surface area contributed by atoms with Crippen LogP contribution >= 0.6 is 0 Å². The fraction of sp³-hybridized carbons (Fsp3) is 0.154. The van der Waals surface area contributed by atoms with Gasteiger partial charge in [-0.1, -0.05) is 42.5 Å². The smallest absolute Gasteiger partial charge is 0.375 e. The number of fused-ring (bicyclic) bond motifs is 1. The molecule has 0 fully saturated rings. The Morgan fingerprint density at radius 3 is 2.34 bits per heavy atom. The minimum atomic E-state index is -0.701. The summed E-state index contributed by atoms with van der Waals surface area (Å²) < 4.78 is 22.1. The Hall–Kier alpha value is -4.06. The first-order valence-corrected chi connectivity index (χ1v) is 10.2. The predicted molar refractivity (Wildman–Crippen MR) is 121 cm³/mol. The normalized spacial score (nSPS) is 10.7. The third-order valence-electron chi connectivity index (χ3n) is 4.95. The summed E-state index contributed by atoms with van der Waals surface area (Å²) in [6.45, 7) is 2.22. The Bertz CT molecular complexity index is 1290. The lowest BCUT2D eigenvalue weighted by molar-refractivity contribution is 0.0492. The van der Waals surface area contributed by atoms with Crippen LogP contribution in [0, 0.1) is 0 Å². The molecule has 3 aromatic carbocycles. The molecule has 0 amide bonds. The molecule has 1 aromatic heterocycles. The second-order valence-corrected chi connectivity index (χ2v) is 7.02. The average Bonchev–Trinajstić information content (AvgIpc) is 2.83. The van der Waals surface area contributed by atoms with Gasteiger partial charge in [-0.15, -0.1) is 0 Å². The highest BCUT2D eigenvalue weighted by Crippen LogP contribution is 2.29. The third kappa shape index (κ3) is 4.34. The van der Waals surface area contributed by atoms with Gasteiger partial charge in [0.1, 0.15) is 23.7 Å². The van der Waals surface area contributed by atoms with Crippen molar-refractivity contribution in [2.24, 2.45) is 0 Å². The van der Waals surface area contributed by atoms with Gasteiger partial charge in [0.15, 0.2) is 0 Å². The number of esters is 1. The van der Waals surface area contributed by atoms with Crippen LogP contribution in [0.25, 0.3) is 22.1 Å². The van der Waals surface area contributed by atoms with Crippen LogP contribution in [0.15, 0.2) is 82.0 Å². The monoisotopic (exact) mass is 430 g/mol. The maximum Gasteiger partial charge on any atom is 0.375 e. The quantitative estimate of drug-likeness (QED) is 0.374. The second-order valence-electron chi connectivity index (χ2n) is 7.02. The minimum absolute atomic E-state index is 0.144. The number of carbonyl (C=O) groups excluding carboxylic acids is 1. The zero-order valence-electron chi connectivity index (χ0n) is 17.8. The van der Waals surface area contributed by atoms with Crippen molar-refractivity contribution in [3.05, 3.63) is 94.3 Å². The molecule has 0 saturated carbocycles. The Kier molecular flexibility index (Phi) is 6.22. The Balaban J connectivity index is 1.78. The van der Waals surface area contributed by atoms with Crippen molar-refractivity contribution in [1.29, 1.82) is 0 Å². The molecule has 0 atom stereocenters. The molecule has 0 radical (unpaired) electrons. The summed E-state index contributed by atoms with van der Waals surface area (Å²) in [4.78, 5) is 26.0. The molecule has 4 aromatic rings. The summed E-state index contributed by atoms with van der Waals surface area (Å²) in [5.41, 5.74) is 1.62. The van der Waals surface area contributed by atoms with Crippen LogP contribution < -0.4 is 14.9 Å². The fourth-order valence-electron chi connectivity index (χ4n) is 3.36. The Morgan fingerprint density at radius 2 is 1.66 bits per heavy atom. The summed E-state index contributed by atoms with van der Waals surface area (Å²) in [6, 6.07) is 21.5. The van der Waals surface area contributed by atoms with Crippen LogP contribution in [0.4, 0.5) is 0 Å². The van der Waals surface area contributed by atoms with Crippen molar-refractivity contribution in [2.45, 2.75) is 13.5 Å². The molecule has 6 nitrogen and oxygen atoms in total. The maximum atomic E-state index is 13.4. The highest BCUT2D eigenvalue weighted by Gasteiger charge is 2.23. The molecule has 0 saturated heterocycles. The van der Waals surface area contributed by atoms with E-state index in [-0.39, 0.29) is 28.9 Å². The molecule has 0 N–H and O–H groups in total. The van der Waals surface area contributed by atoms with Gasteiger partial charge < -0.3 is 18.6 Å². The Labute approximate surface area is 185 Å². The van der Waals surface area contributed by atoms with Gasteiger partial charge in [0.05, 0.1) is 24.7 Å². The van der Waals surface area contributed by atoms with E-state index in [1.165, 1.54) is 0 Å². The van der Waals surface area contributed by atoms with Crippen molar-refractivity contribution in [3.63, 3.8) is 0 Å². The van der Waals surface area contributed by atoms with Gasteiger partial charge >= 0.3 is 5.97 Å².